The molecule has 7 heteroatoms. The summed E-state index contributed by atoms with van der Waals surface area (Å²) >= 11 is 0. The second kappa shape index (κ2) is 7.02. The Bertz CT molecular complexity index is 610. The topological polar surface area (TPSA) is 104 Å². The normalized spacial score (nSPS) is 13.4. The molecule has 0 aliphatic heterocycles. The number of nitrogens with one attached hydrogen (secondary N) is 1. The molecular formula is C14H21NO5S. The molecule has 3 N–H and O–H groups in total. The molecule has 1 unspecified atom stereocenters. The molecule has 0 aromatic heterocycles. The van der Waals surface area contributed by atoms with Gasteiger partial charge in [-0.15, -0.1) is 0 Å². The van der Waals surface area contributed by atoms with E-state index in [1.165, 1.54) is 12.1 Å². The molecule has 0 bridgehead atoms. The molecule has 21 heavy (non-hydrogen) atoms. The number of carboxylic acid groups (broad SMARTS) is 1. The van der Waals surface area contributed by atoms with Gasteiger partial charge in [-0.2, -0.15) is 0 Å². The molecule has 0 saturated carbocycles. The molecule has 0 aliphatic rings. The first kappa shape index (κ1) is 17.6. The minimum Gasteiger partial charge on any atom is -0.478 e. The predicted octanol–water partition coefficient (Wildman–Crippen LogP) is 1.24. The van der Waals surface area contributed by atoms with Crippen molar-refractivity contribution >= 4 is 16.0 Å². The number of aliphatic hydroxyl groups is 1. The molecule has 1 rings (SSSR count). The molecule has 0 aliphatic carbocycles. The fourth-order valence-corrected chi connectivity index (χ4v) is 3.28. The Labute approximate surface area is 124 Å². The van der Waals surface area contributed by atoms with E-state index in [1.54, 1.807) is 20.8 Å². The molecule has 0 spiro atoms. The summed E-state index contributed by atoms with van der Waals surface area (Å²) in [5.74, 6) is -1.25. The summed E-state index contributed by atoms with van der Waals surface area (Å²) in [5, 5.41) is 18.4. The molecule has 0 amide bonds. The molecule has 0 radical (unpaired) electrons. The van der Waals surface area contributed by atoms with Gasteiger partial charge in [0.1, 0.15) is 0 Å². The van der Waals surface area contributed by atoms with Crippen molar-refractivity contribution in [3.05, 3.63) is 29.3 Å². The average Bonchev–Trinajstić information content (AvgIpc) is 2.43. The van der Waals surface area contributed by atoms with Crippen molar-refractivity contribution < 1.29 is 23.4 Å². The monoisotopic (exact) mass is 315 g/mol. The summed E-state index contributed by atoms with van der Waals surface area (Å²) in [5.41, 5.74) is 0.550. The molecule has 6 nitrogen and oxygen atoms in total. The van der Waals surface area contributed by atoms with Crippen molar-refractivity contribution in [3.63, 3.8) is 0 Å². The van der Waals surface area contributed by atoms with E-state index >= 15 is 0 Å². The van der Waals surface area contributed by atoms with E-state index in [0.717, 1.165) is 6.07 Å². The average molecular weight is 315 g/mol. The van der Waals surface area contributed by atoms with Crippen LogP contribution in [0.3, 0.4) is 0 Å². The zero-order valence-electron chi connectivity index (χ0n) is 12.3. The van der Waals surface area contributed by atoms with Crippen LogP contribution in [0.2, 0.25) is 0 Å². The summed E-state index contributed by atoms with van der Waals surface area (Å²) in [6.45, 7) is 5.04. The van der Waals surface area contributed by atoms with E-state index in [9.17, 15) is 18.3 Å². The lowest BCUT2D eigenvalue weighted by Gasteiger charge is -2.20. The number of aromatic carboxylic acids is 1. The van der Waals surface area contributed by atoms with Gasteiger partial charge in [-0.3, -0.25) is 0 Å². The van der Waals surface area contributed by atoms with Crippen LogP contribution in [0, 0.1) is 5.92 Å². The van der Waals surface area contributed by atoms with Gasteiger partial charge >= 0.3 is 5.97 Å². The highest BCUT2D eigenvalue weighted by Gasteiger charge is 2.23. The van der Waals surface area contributed by atoms with Gasteiger partial charge in [0.15, 0.2) is 0 Å². The third kappa shape index (κ3) is 4.26. The van der Waals surface area contributed by atoms with Gasteiger partial charge in [0, 0.05) is 6.04 Å². The summed E-state index contributed by atoms with van der Waals surface area (Å²) in [6.07, 6.45) is 0.501. The highest BCUT2D eigenvalue weighted by Crippen LogP contribution is 2.18. The quantitative estimate of drug-likeness (QED) is 0.702. The van der Waals surface area contributed by atoms with Crippen LogP contribution < -0.4 is 4.72 Å². The molecule has 1 aromatic rings. The van der Waals surface area contributed by atoms with E-state index < -0.39 is 22.0 Å². The summed E-state index contributed by atoms with van der Waals surface area (Å²) in [7, 11) is -3.87. The Kier molecular flexibility index (Phi) is 5.88. The second-order valence-electron chi connectivity index (χ2n) is 5.13. The summed E-state index contributed by atoms with van der Waals surface area (Å²) in [6, 6.07) is 3.41. The first-order valence-corrected chi connectivity index (χ1v) is 8.20. The number of aryl methyl sites for hydroxylation is 1. The fraction of sp³-hybridized carbons (Fsp3) is 0.500. The molecule has 0 fully saturated rings. The first-order valence-electron chi connectivity index (χ1n) is 6.72. The second-order valence-corrected chi connectivity index (χ2v) is 6.85. The highest BCUT2D eigenvalue weighted by atomic mass is 32.2. The Morgan fingerprint density at radius 3 is 2.38 bits per heavy atom. The number of hydrogen-bond acceptors (Lipinski definition) is 4. The minimum atomic E-state index is -3.87. The number of carbonyl (C=O) groups is 1. The zero-order valence-corrected chi connectivity index (χ0v) is 13.1. The van der Waals surface area contributed by atoms with Crippen LogP contribution in [-0.4, -0.2) is 37.2 Å². The van der Waals surface area contributed by atoms with Gasteiger partial charge in [-0.05, 0) is 30.0 Å². The lowest BCUT2D eigenvalue weighted by Crippen LogP contribution is -2.41. The van der Waals surface area contributed by atoms with E-state index in [4.69, 9.17) is 5.11 Å². The summed E-state index contributed by atoms with van der Waals surface area (Å²) in [4.78, 5) is 11.1. The molecule has 0 heterocycles. The Morgan fingerprint density at radius 2 is 1.95 bits per heavy atom. The van der Waals surface area contributed by atoms with Gasteiger partial charge < -0.3 is 10.2 Å². The van der Waals surface area contributed by atoms with Crippen LogP contribution in [-0.2, 0) is 16.4 Å². The third-order valence-electron chi connectivity index (χ3n) is 3.31. The van der Waals surface area contributed by atoms with Crippen LogP contribution >= 0.6 is 0 Å². The Hall–Kier alpha value is -1.44. The largest absolute Gasteiger partial charge is 0.478 e. The molecule has 1 atom stereocenters. The summed E-state index contributed by atoms with van der Waals surface area (Å²) < 4.78 is 26.9. The first-order chi connectivity index (χ1) is 9.72. The van der Waals surface area contributed by atoms with Gasteiger partial charge in [0.05, 0.1) is 17.1 Å². The molecule has 118 valence electrons. The maximum atomic E-state index is 12.3. The van der Waals surface area contributed by atoms with Crippen LogP contribution in [0.1, 0.15) is 36.7 Å². The molecule has 1 aromatic carbocycles. The third-order valence-corrected chi connectivity index (χ3v) is 4.80. The standard InChI is InChI=1S/C14H21NO5S/c1-4-10-5-6-11(7-12(10)14(17)18)21(19,20)15-13(8-16)9(2)3/h5-7,9,13,15-16H,4,8H2,1-3H3,(H,17,18). The van der Waals surface area contributed by atoms with Crippen molar-refractivity contribution in [1.29, 1.82) is 0 Å². The van der Waals surface area contributed by atoms with Gasteiger partial charge in [-0.25, -0.2) is 17.9 Å². The maximum absolute atomic E-state index is 12.3. The van der Waals surface area contributed by atoms with E-state index in [-0.39, 0.29) is 23.0 Å². The van der Waals surface area contributed by atoms with Crippen LogP contribution in [0.5, 0.6) is 0 Å². The van der Waals surface area contributed by atoms with Crippen molar-refractivity contribution in [2.24, 2.45) is 5.92 Å². The number of rotatable bonds is 7. The molecule has 0 saturated heterocycles. The number of carboxylic acids is 1. The highest BCUT2D eigenvalue weighted by molar-refractivity contribution is 7.89. The van der Waals surface area contributed by atoms with Gasteiger partial charge in [-0.1, -0.05) is 26.8 Å². The van der Waals surface area contributed by atoms with Gasteiger partial charge in [0.25, 0.3) is 0 Å². The van der Waals surface area contributed by atoms with Crippen molar-refractivity contribution in [3.8, 4) is 0 Å². The van der Waals surface area contributed by atoms with Crippen LogP contribution in [0.4, 0.5) is 0 Å². The van der Waals surface area contributed by atoms with E-state index in [2.05, 4.69) is 4.72 Å². The lowest BCUT2D eigenvalue weighted by molar-refractivity contribution is 0.0695. The molecular weight excluding hydrogens is 294 g/mol. The van der Waals surface area contributed by atoms with Crippen molar-refractivity contribution in [2.45, 2.75) is 38.1 Å². The smallest absolute Gasteiger partial charge is 0.336 e. The van der Waals surface area contributed by atoms with Crippen molar-refractivity contribution in [2.75, 3.05) is 6.61 Å². The Morgan fingerprint density at radius 1 is 1.33 bits per heavy atom. The van der Waals surface area contributed by atoms with Crippen LogP contribution in [0.25, 0.3) is 0 Å². The number of benzene rings is 1. The zero-order chi connectivity index (χ0) is 16.2. The van der Waals surface area contributed by atoms with E-state index in [1.807, 2.05) is 0 Å². The fourth-order valence-electron chi connectivity index (χ4n) is 1.88. The van der Waals surface area contributed by atoms with Gasteiger partial charge in [0.2, 0.25) is 10.0 Å². The van der Waals surface area contributed by atoms with Crippen molar-refractivity contribution in [1.82, 2.24) is 4.72 Å². The minimum absolute atomic E-state index is 0.0227. The predicted molar refractivity (Wildman–Crippen MR) is 78.8 cm³/mol. The maximum Gasteiger partial charge on any atom is 0.336 e. The number of sulfonamides is 1. The van der Waals surface area contributed by atoms with Crippen LogP contribution in [0.15, 0.2) is 23.1 Å². The lowest BCUT2D eigenvalue weighted by atomic mass is 10.1. The number of hydrogen-bond donors (Lipinski definition) is 3. The van der Waals surface area contributed by atoms with E-state index in [0.29, 0.717) is 12.0 Å². The Balaban J connectivity index is 3.20. The number of aliphatic hydroxyl groups excluding tert-OH is 1. The SMILES string of the molecule is CCc1ccc(S(=O)(=O)NC(CO)C(C)C)cc1C(=O)O.